The van der Waals surface area contributed by atoms with Gasteiger partial charge in [0.25, 0.3) is 0 Å². The molecule has 3 rings (SSSR count). The van der Waals surface area contributed by atoms with Gasteiger partial charge in [0.1, 0.15) is 23.3 Å². The maximum Gasteiger partial charge on any atom is 0.317 e. The first-order valence-electron chi connectivity index (χ1n) is 6.98. The average molecular weight is 488 g/mol. The number of benzene rings is 2. The lowest BCUT2D eigenvalue weighted by Gasteiger charge is -2.34. The number of quaternary nitrogens is 1. The first kappa shape index (κ1) is 19.7. The van der Waals surface area contributed by atoms with Crippen molar-refractivity contribution in [2.45, 2.75) is 0 Å². The van der Waals surface area contributed by atoms with E-state index in [2.05, 4.69) is 20.9 Å². The lowest BCUT2D eigenvalue weighted by atomic mass is 10.1. The minimum atomic E-state index is -0.997. The van der Waals surface area contributed by atoms with E-state index < -0.39 is 28.5 Å². The summed E-state index contributed by atoms with van der Waals surface area (Å²) in [4.78, 5) is 3.92. The van der Waals surface area contributed by atoms with E-state index in [1.165, 1.54) is 6.07 Å². The normalized spacial score (nSPS) is 19.9. The zero-order valence-corrected chi connectivity index (χ0v) is 16.4. The smallest absolute Gasteiger partial charge is 0.317 e. The molecular formula is C16H8BrCl3F3N2O+. The third-order valence-corrected chi connectivity index (χ3v) is 5.40. The Balaban J connectivity index is 2.50. The Bertz CT molecular complexity index is 960. The molecule has 0 fully saturated rings. The van der Waals surface area contributed by atoms with Crippen LogP contribution in [0, 0.1) is 17.5 Å². The summed E-state index contributed by atoms with van der Waals surface area (Å²) in [5.41, 5.74) is -0.169. The number of rotatable bonds is 3. The van der Waals surface area contributed by atoms with Crippen molar-refractivity contribution in [3.05, 3.63) is 68.1 Å². The molecule has 3 nitrogen and oxygen atoms in total. The SMILES string of the molecule is OCC1=C(Cl)N=C(Cl)[N+]1(c1ccc(F)cc1Cl)c1c(F)cc(F)cc1Br. The topological polar surface area (TPSA) is 32.6 Å². The second kappa shape index (κ2) is 7.14. The molecule has 136 valence electrons. The summed E-state index contributed by atoms with van der Waals surface area (Å²) in [6.07, 6.45) is 0. The summed E-state index contributed by atoms with van der Waals surface area (Å²) in [7, 11) is 0. The maximum absolute atomic E-state index is 14.9. The van der Waals surface area contributed by atoms with Gasteiger partial charge in [0.2, 0.25) is 5.69 Å². The first-order chi connectivity index (χ1) is 12.2. The molecule has 0 radical (unpaired) electrons. The highest BCUT2D eigenvalue weighted by molar-refractivity contribution is 9.10. The molecule has 0 saturated carbocycles. The van der Waals surface area contributed by atoms with Gasteiger partial charge < -0.3 is 5.11 Å². The number of aliphatic imine (C=N–C) groups is 1. The fraction of sp³-hybridized carbons (Fsp3) is 0.0625. The predicted molar refractivity (Wildman–Crippen MR) is 100 cm³/mol. The summed E-state index contributed by atoms with van der Waals surface area (Å²) in [5, 5.41) is 9.29. The summed E-state index contributed by atoms with van der Waals surface area (Å²) >= 11 is 21.7. The average Bonchev–Trinajstić information content (AvgIpc) is 2.77. The third-order valence-electron chi connectivity index (χ3n) is 3.85. The van der Waals surface area contributed by atoms with Gasteiger partial charge in [0, 0.05) is 23.7 Å². The number of hydrogen-bond donors (Lipinski definition) is 1. The van der Waals surface area contributed by atoms with Crippen LogP contribution in [0.15, 0.2) is 50.7 Å². The highest BCUT2D eigenvalue weighted by Gasteiger charge is 2.53. The summed E-state index contributed by atoms with van der Waals surface area (Å²) in [6.45, 7) is -0.671. The van der Waals surface area contributed by atoms with Crippen LogP contribution in [0.3, 0.4) is 0 Å². The van der Waals surface area contributed by atoms with Crippen LogP contribution in [0.1, 0.15) is 0 Å². The molecule has 0 amide bonds. The van der Waals surface area contributed by atoms with Gasteiger partial charge in [-0.2, -0.15) is 9.48 Å². The number of amidine groups is 1. The fourth-order valence-corrected chi connectivity index (χ4v) is 4.48. The van der Waals surface area contributed by atoms with Crippen LogP contribution in [0.2, 0.25) is 5.02 Å². The van der Waals surface area contributed by atoms with Crippen molar-refractivity contribution in [1.29, 1.82) is 0 Å². The van der Waals surface area contributed by atoms with Crippen LogP contribution in [0.25, 0.3) is 0 Å². The highest BCUT2D eigenvalue weighted by atomic mass is 79.9. The minimum absolute atomic E-state index is 0.0129. The Morgan fingerprint density at radius 2 is 1.73 bits per heavy atom. The number of aliphatic hydroxyl groups is 1. The Morgan fingerprint density at radius 1 is 1.04 bits per heavy atom. The second-order valence-electron chi connectivity index (χ2n) is 5.26. The minimum Gasteiger partial charge on any atom is -0.386 e. The van der Waals surface area contributed by atoms with Crippen LogP contribution in [0.4, 0.5) is 24.5 Å². The number of nitrogens with zero attached hydrogens (tertiary/aromatic N) is 2. The zero-order chi connectivity index (χ0) is 19.2. The van der Waals surface area contributed by atoms with Gasteiger partial charge in [-0.15, -0.1) is 0 Å². The predicted octanol–water partition coefficient (Wildman–Crippen LogP) is 6.17. The lowest BCUT2D eigenvalue weighted by Crippen LogP contribution is -2.46. The van der Waals surface area contributed by atoms with Crippen LogP contribution in [0.5, 0.6) is 0 Å². The molecule has 1 heterocycles. The standard InChI is InChI=1S/C16H8BrCl3F3N2O/c17-9-3-8(22)5-11(23)14(9)25(12-2-1-7(21)4-10(12)18)13(6-26)15(19)24-16(25)20/h1-5,26H,6H2/q+1. The second-order valence-corrected chi connectivity index (χ2v) is 7.22. The van der Waals surface area contributed by atoms with Gasteiger partial charge in [0.15, 0.2) is 22.4 Å². The molecule has 0 aromatic heterocycles. The lowest BCUT2D eigenvalue weighted by molar-refractivity contribution is 0.310. The van der Waals surface area contributed by atoms with Crippen molar-refractivity contribution < 1.29 is 18.3 Å². The van der Waals surface area contributed by atoms with Crippen molar-refractivity contribution in [3.63, 3.8) is 0 Å². The molecule has 1 atom stereocenters. The van der Waals surface area contributed by atoms with Gasteiger partial charge in [-0.25, -0.2) is 13.2 Å². The molecule has 0 bridgehead atoms. The molecule has 26 heavy (non-hydrogen) atoms. The molecule has 0 spiro atoms. The highest BCUT2D eigenvalue weighted by Crippen LogP contribution is 2.52. The third kappa shape index (κ3) is 2.87. The van der Waals surface area contributed by atoms with Gasteiger partial charge in [0.05, 0.1) is 4.47 Å². The molecule has 1 N–H and O–H groups in total. The van der Waals surface area contributed by atoms with Gasteiger partial charge in [-0.3, -0.25) is 0 Å². The maximum atomic E-state index is 14.9. The molecule has 10 heteroatoms. The Kier molecular flexibility index (Phi) is 5.40. The van der Waals surface area contributed by atoms with Crippen LogP contribution in [-0.4, -0.2) is 17.0 Å². The fourth-order valence-electron chi connectivity index (χ4n) is 2.84. The monoisotopic (exact) mass is 485 g/mol. The van der Waals surface area contributed by atoms with E-state index in [9.17, 15) is 18.3 Å². The number of hydrogen-bond acceptors (Lipinski definition) is 2. The molecule has 0 aliphatic carbocycles. The quantitative estimate of drug-likeness (QED) is 0.408. The van der Waals surface area contributed by atoms with Crippen molar-refractivity contribution in [2.75, 3.05) is 6.61 Å². The molecule has 0 saturated heterocycles. The summed E-state index contributed by atoms with van der Waals surface area (Å²) < 4.78 is 41.1. The number of halogens is 7. The molecule has 1 aliphatic heterocycles. The Labute approximate surface area is 169 Å². The summed E-state index contributed by atoms with van der Waals surface area (Å²) in [5.74, 6) is -2.47. The van der Waals surface area contributed by atoms with Crippen LogP contribution in [-0.2, 0) is 0 Å². The van der Waals surface area contributed by atoms with Crippen molar-refractivity contribution in [3.8, 4) is 0 Å². The van der Waals surface area contributed by atoms with E-state index in [1.807, 2.05) is 0 Å². The van der Waals surface area contributed by atoms with E-state index in [-0.39, 0.29) is 37.0 Å². The molecule has 2 aromatic carbocycles. The molecule has 1 aliphatic rings. The van der Waals surface area contributed by atoms with Gasteiger partial charge >= 0.3 is 5.29 Å². The van der Waals surface area contributed by atoms with E-state index in [4.69, 9.17) is 34.8 Å². The van der Waals surface area contributed by atoms with E-state index in [1.54, 1.807) is 0 Å². The van der Waals surface area contributed by atoms with Crippen LogP contribution >= 0.6 is 50.7 Å². The summed E-state index contributed by atoms with van der Waals surface area (Å²) in [6, 6.07) is 5.00. The van der Waals surface area contributed by atoms with E-state index in [0.717, 1.165) is 18.2 Å². The Morgan fingerprint density at radius 3 is 2.31 bits per heavy atom. The first-order valence-corrected chi connectivity index (χ1v) is 8.90. The zero-order valence-electron chi connectivity index (χ0n) is 12.6. The van der Waals surface area contributed by atoms with Gasteiger partial charge in [-0.05, 0) is 34.1 Å². The Hall–Kier alpha value is -1.09. The molecular weight excluding hydrogens is 479 g/mol. The van der Waals surface area contributed by atoms with Crippen molar-refractivity contribution >= 4 is 67.4 Å². The van der Waals surface area contributed by atoms with Gasteiger partial charge in [-0.1, -0.05) is 23.2 Å². The number of aliphatic hydroxyl groups excluding tert-OH is 1. The molecule has 1 unspecified atom stereocenters. The van der Waals surface area contributed by atoms with E-state index in [0.29, 0.717) is 6.07 Å². The van der Waals surface area contributed by atoms with Crippen LogP contribution < -0.4 is 4.48 Å². The molecule has 2 aromatic rings. The van der Waals surface area contributed by atoms with Crippen molar-refractivity contribution in [1.82, 2.24) is 4.48 Å². The van der Waals surface area contributed by atoms with Crippen molar-refractivity contribution in [2.24, 2.45) is 4.99 Å². The van der Waals surface area contributed by atoms with E-state index >= 15 is 0 Å². The largest absolute Gasteiger partial charge is 0.386 e.